The van der Waals surface area contributed by atoms with Gasteiger partial charge in [0.15, 0.2) is 5.96 Å². The fourth-order valence-corrected chi connectivity index (χ4v) is 1.99. The van der Waals surface area contributed by atoms with Gasteiger partial charge in [-0.3, -0.25) is 4.99 Å². The predicted octanol–water partition coefficient (Wildman–Crippen LogP) is 1.16. The van der Waals surface area contributed by atoms with Crippen LogP contribution in [-0.2, 0) is 4.74 Å². The Morgan fingerprint density at radius 1 is 1.41 bits per heavy atom. The molecule has 0 spiro atoms. The highest BCUT2D eigenvalue weighted by Crippen LogP contribution is 2.08. The second-order valence-corrected chi connectivity index (χ2v) is 6.05. The lowest BCUT2D eigenvalue weighted by Crippen LogP contribution is -2.41. The van der Waals surface area contributed by atoms with E-state index in [1.807, 2.05) is 32.6 Å². The number of nitrogens with one attached hydrogen (secondary N) is 2. The highest BCUT2D eigenvalue weighted by molar-refractivity contribution is 14.0. The summed E-state index contributed by atoms with van der Waals surface area (Å²) in [5.41, 5.74) is -0.492. The monoisotopic (exact) mass is 428 g/mol. The first kappa shape index (κ1) is 21.2. The van der Waals surface area contributed by atoms with Crippen molar-refractivity contribution in [3.8, 4) is 0 Å². The van der Waals surface area contributed by atoms with Gasteiger partial charge in [-0.1, -0.05) is 0 Å². The Balaban J connectivity index is 0.00000441. The normalized spacial score (nSPS) is 18.7. The largest absolute Gasteiger partial charge is 0.444 e. The zero-order valence-corrected chi connectivity index (χ0v) is 16.2. The summed E-state index contributed by atoms with van der Waals surface area (Å²) in [6.07, 6.45) is 0.0497. The number of carbonyl (C=O) groups excluding carboxylic acids is 1. The number of guanidine groups is 1. The second-order valence-electron chi connectivity index (χ2n) is 6.05. The molecule has 0 unspecified atom stereocenters. The van der Waals surface area contributed by atoms with Crippen LogP contribution < -0.4 is 10.6 Å². The smallest absolute Gasteiger partial charge is 0.407 e. The van der Waals surface area contributed by atoms with Crippen LogP contribution in [0, 0.1) is 0 Å². The minimum absolute atomic E-state index is 0. The number of alkyl carbamates (subject to hydrolysis) is 1. The molecular formula is C14H29IN4O3. The van der Waals surface area contributed by atoms with Crippen molar-refractivity contribution in [2.75, 3.05) is 32.7 Å². The molecule has 0 saturated carbocycles. The van der Waals surface area contributed by atoms with Gasteiger partial charge in [-0.2, -0.15) is 0 Å². The molecule has 0 bridgehead atoms. The van der Waals surface area contributed by atoms with E-state index in [-0.39, 0.29) is 30.1 Å². The molecular weight excluding hydrogens is 399 g/mol. The molecule has 1 atom stereocenters. The van der Waals surface area contributed by atoms with Crippen LogP contribution in [0.2, 0.25) is 0 Å². The standard InChI is InChI=1S/C14H28N4O3.HI/c1-5-15-12(18-9-6-11(19)10-18)16-7-8-17-13(20)21-14(2,3)4;/h11,19H,5-10H2,1-4H3,(H,15,16)(H,17,20);1H/t11-;/m1./s1. The van der Waals surface area contributed by atoms with E-state index in [0.717, 1.165) is 25.5 Å². The first-order chi connectivity index (χ1) is 9.81. The Morgan fingerprint density at radius 2 is 2.09 bits per heavy atom. The van der Waals surface area contributed by atoms with Gasteiger partial charge in [-0.15, -0.1) is 24.0 Å². The van der Waals surface area contributed by atoms with E-state index >= 15 is 0 Å². The van der Waals surface area contributed by atoms with Gasteiger partial charge in [0.25, 0.3) is 0 Å². The maximum absolute atomic E-state index is 11.5. The molecule has 130 valence electrons. The third kappa shape index (κ3) is 8.62. The number of carbonyl (C=O) groups is 1. The third-order valence-electron chi connectivity index (χ3n) is 2.84. The van der Waals surface area contributed by atoms with Crippen LogP contribution in [0.3, 0.4) is 0 Å². The Hall–Kier alpha value is -0.770. The lowest BCUT2D eigenvalue weighted by atomic mass is 10.2. The summed E-state index contributed by atoms with van der Waals surface area (Å²) in [5.74, 6) is 0.778. The molecule has 3 N–H and O–H groups in total. The number of aliphatic hydroxyl groups excluding tert-OH is 1. The van der Waals surface area contributed by atoms with E-state index in [1.165, 1.54) is 0 Å². The molecule has 0 aliphatic carbocycles. The number of amides is 1. The van der Waals surface area contributed by atoms with Crippen molar-refractivity contribution in [3.05, 3.63) is 0 Å². The van der Waals surface area contributed by atoms with Crippen LogP contribution in [0.25, 0.3) is 0 Å². The predicted molar refractivity (Wildman–Crippen MR) is 97.8 cm³/mol. The van der Waals surface area contributed by atoms with Crippen molar-refractivity contribution >= 4 is 36.0 Å². The molecule has 0 aromatic carbocycles. The van der Waals surface area contributed by atoms with Gasteiger partial charge in [0.05, 0.1) is 12.6 Å². The summed E-state index contributed by atoms with van der Waals surface area (Å²) >= 11 is 0. The molecule has 8 heteroatoms. The van der Waals surface area contributed by atoms with E-state index < -0.39 is 11.7 Å². The van der Waals surface area contributed by atoms with Crippen LogP contribution in [-0.4, -0.2) is 66.5 Å². The maximum atomic E-state index is 11.5. The molecule has 1 rings (SSSR count). The number of aliphatic hydroxyl groups is 1. The zero-order chi connectivity index (χ0) is 15.9. The van der Waals surface area contributed by atoms with Gasteiger partial charge in [0, 0.05) is 26.2 Å². The molecule has 0 aromatic heterocycles. The van der Waals surface area contributed by atoms with E-state index in [4.69, 9.17) is 4.74 Å². The Kier molecular flexibility index (Phi) is 9.74. The highest BCUT2D eigenvalue weighted by atomic mass is 127. The number of ether oxygens (including phenoxy) is 1. The fourth-order valence-electron chi connectivity index (χ4n) is 1.99. The van der Waals surface area contributed by atoms with Crippen molar-refractivity contribution in [2.24, 2.45) is 4.99 Å². The van der Waals surface area contributed by atoms with Crippen molar-refractivity contribution in [1.82, 2.24) is 15.5 Å². The molecule has 1 saturated heterocycles. The average Bonchev–Trinajstić information content (AvgIpc) is 2.77. The number of rotatable bonds is 4. The van der Waals surface area contributed by atoms with Crippen LogP contribution in [0.15, 0.2) is 4.99 Å². The average molecular weight is 428 g/mol. The van der Waals surface area contributed by atoms with Gasteiger partial charge in [0.1, 0.15) is 5.60 Å². The minimum atomic E-state index is -0.492. The van der Waals surface area contributed by atoms with Gasteiger partial charge >= 0.3 is 6.09 Å². The first-order valence-corrected chi connectivity index (χ1v) is 7.50. The van der Waals surface area contributed by atoms with E-state index in [1.54, 1.807) is 0 Å². The second kappa shape index (κ2) is 10.1. The molecule has 1 amide bonds. The molecule has 1 heterocycles. The lowest BCUT2D eigenvalue weighted by Gasteiger charge is -2.21. The third-order valence-corrected chi connectivity index (χ3v) is 2.84. The molecule has 22 heavy (non-hydrogen) atoms. The van der Waals surface area contributed by atoms with Gasteiger partial charge in [-0.05, 0) is 34.1 Å². The number of halogens is 1. The highest BCUT2D eigenvalue weighted by Gasteiger charge is 2.22. The van der Waals surface area contributed by atoms with E-state index in [9.17, 15) is 9.90 Å². The minimum Gasteiger partial charge on any atom is -0.444 e. The summed E-state index contributed by atoms with van der Waals surface area (Å²) in [5, 5.41) is 15.4. The van der Waals surface area contributed by atoms with Crippen LogP contribution in [0.5, 0.6) is 0 Å². The Morgan fingerprint density at radius 3 is 2.59 bits per heavy atom. The topological polar surface area (TPSA) is 86.2 Å². The molecule has 1 fully saturated rings. The van der Waals surface area contributed by atoms with Crippen LogP contribution in [0.1, 0.15) is 34.1 Å². The Labute approximate surface area is 149 Å². The fraction of sp³-hybridized carbons (Fsp3) is 0.857. The molecule has 1 aliphatic rings. The lowest BCUT2D eigenvalue weighted by molar-refractivity contribution is 0.0529. The number of β-amino-alcohol motifs (C(OH)–C–C–N with tert-alkyl or cyclic N) is 1. The summed E-state index contributed by atoms with van der Waals surface area (Å²) in [7, 11) is 0. The number of hydrogen-bond acceptors (Lipinski definition) is 4. The number of hydrogen-bond donors (Lipinski definition) is 3. The van der Waals surface area contributed by atoms with Crippen molar-refractivity contribution in [1.29, 1.82) is 0 Å². The summed E-state index contributed by atoms with van der Waals surface area (Å²) in [6.45, 7) is 10.5. The maximum Gasteiger partial charge on any atom is 0.407 e. The SMILES string of the molecule is CCNC(=NCCNC(=O)OC(C)(C)C)N1CC[C@@H](O)C1.I. The van der Waals surface area contributed by atoms with E-state index in [0.29, 0.717) is 19.6 Å². The van der Waals surface area contributed by atoms with Crippen LogP contribution in [0.4, 0.5) is 4.79 Å². The Bertz CT molecular complexity index is 372. The quantitative estimate of drug-likeness (QED) is 0.271. The number of likely N-dealkylation sites (tertiary alicyclic amines) is 1. The van der Waals surface area contributed by atoms with Crippen molar-refractivity contribution in [3.63, 3.8) is 0 Å². The number of aliphatic imine (C=N–C) groups is 1. The summed E-state index contributed by atoms with van der Waals surface area (Å²) in [6, 6.07) is 0. The van der Waals surface area contributed by atoms with Crippen molar-refractivity contribution < 1.29 is 14.6 Å². The van der Waals surface area contributed by atoms with Crippen LogP contribution >= 0.6 is 24.0 Å². The van der Waals surface area contributed by atoms with Gasteiger partial charge in [-0.25, -0.2) is 4.79 Å². The molecule has 0 aromatic rings. The zero-order valence-electron chi connectivity index (χ0n) is 13.9. The van der Waals surface area contributed by atoms with Gasteiger partial charge < -0.3 is 25.4 Å². The summed E-state index contributed by atoms with van der Waals surface area (Å²) in [4.78, 5) is 18.0. The van der Waals surface area contributed by atoms with Crippen molar-refractivity contribution in [2.45, 2.75) is 45.8 Å². The van der Waals surface area contributed by atoms with E-state index in [2.05, 4.69) is 15.6 Å². The molecule has 1 aliphatic heterocycles. The number of nitrogens with zero attached hydrogens (tertiary/aromatic N) is 2. The molecule has 7 nitrogen and oxygen atoms in total. The first-order valence-electron chi connectivity index (χ1n) is 7.50. The molecule has 0 radical (unpaired) electrons. The van der Waals surface area contributed by atoms with Gasteiger partial charge in [0.2, 0.25) is 0 Å². The summed E-state index contributed by atoms with van der Waals surface area (Å²) < 4.78 is 5.15.